The first-order valence-electron chi connectivity index (χ1n) is 8.73. The third kappa shape index (κ3) is 11.9. The first-order valence-corrected chi connectivity index (χ1v) is 8.73. The van der Waals surface area contributed by atoms with Gasteiger partial charge in [-0.2, -0.15) is 0 Å². The highest BCUT2D eigenvalue weighted by molar-refractivity contribution is 4.95. The summed E-state index contributed by atoms with van der Waals surface area (Å²) in [5, 5.41) is 0. The van der Waals surface area contributed by atoms with Gasteiger partial charge in [0.2, 0.25) is 0 Å². The third-order valence-electron chi connectivity index (χ3n) is 3.67. The fourth-order valence-corrected chi connectivity index (χ4v) is 2.37. The predicted molar refractivity (Wildman–Crippen MR) is 91.6 cm³/mol. The Balaban J connectivity index is 4.09. The van der Waals surface area contributed by atoms with Gasteiger partial charge in [0.25, 0.3) is 0 Å². The zero-order chi connectivity index (χ0) is 15.9. The summed E-state index contributed by atoms with van der Waals surface area (Å²) in [4.78, 5) is 2.28. The van der Waals surface area contributed by atoms with E-state index in [4.69, 9.17) is 9.47 Å². The van der Waals surface area contributed by atoms with Crippen LogP contribution in [0.15, 0.2) is 12.2 Å². The molecule has 3 heteroatoms. The van der Waals surface area contributed by atoms with Crippen LogP contribution in [0.1, 0.15) is 65.7 Å². The Morgan fingerprint density at radius 1 is 0.810 bits per heavy atom. The van der Waals surface area contributed by atoms with Crippen molar-refractivity contribution in [2.75, 3.05) is 27.3 Å². The largest absolute Gasteiger partial charge is 0.349 e. The number of unbranched alkanes of at least 4 members (excludes halogenated alkanes) is 5. The highest BCUT2D eigenvalue weighted by Crippen LogP contribution is 2.12. The van der Waals surface area contributed by atoms with Crippen molar-refractivity contribution in [2.24, 2.45) is 0 Å². The molecular formula is C18H37NO2. The van der Waals surface area contributed by atoms with E-state index in [1.165, 1.54) is 44.9 Å². The Labute approximate surface area is 132 Å². The summed E-state index contributed by atoms with van der Waals surface area (Å²) in [5.41, 5.74) is 0. The maximum absolute atomic E-state index is 5.55. The lowest BCUT2D eigenvalue weighted by molar-refractivity contribution is -0.104. The molecule has 0 aliphatic rings. The van der Waals surface area contributed by atoms with Crippen molar-refractivity contribution in [1.29, 1.82) is 0 Å². The first-order chi connectivity index (χ1) is 10.2. The molecule has 0 heterocycles. The highest BCUT2D eigenvalue weighted by atomic mass is 16.7. The molecular weight excluding hydrogens is 262 g/mol. The minimum absolute atomic E-state index is 0.202. The lowest BCUT2D eigenvalue weighted by Crippen LogP contribution is -2.26. The number of ether oxygens (including phenoxy) is 2. The summed E-state index contributed by atoms with van der Waals surface area (Å²) in [6, 6.07) is 0.472. The van der Waals surface area contributed by atoms with E-state index in [0.29, 0.717) is 19.3 Å². The number of likely N-dealkylation sites (N-methyl/N-ethyl adjacent to an activating group) is 1. The maximum Gasteiger partial charge on any atom is 0.176 e. The molecule has 0 aromatic rings. The topological polar surface area (TPSA) is 21.7 Å². The molecule has 0 N–H and O–H groups in total. The van der Waals surface area contributed by atoms with Crippen molar-refractivity contribution < 1.29 is 9.47 Å². The summed E-state index contributed by atoms with van der Waals surface area (Å²) in [5.74, 6) is 0. The van der Waals surface area contributed by atoms with E-state index in [1.54, 1.807) is 0 Å². The Bertz CT molecular complexity index is 235. The van der Waals surface area contributed by atoms with Gasteiger partial charge < -0.3 is 14.4 Å². The Morgan fingerprint density at radius 2 is 1.38 bits per heavy atom. The second-order valence-corrected chi connectivity index (χ2v) is 5.75. The summed E-state index contributed by atoms with van der Waals surface area (Å²) in [6.07, 6.45) is 13.4. The van der Waals surface area contributed by atoms with Crippen LogP contribution in [0.2, 0.25) is 0 Å². The maximum atomic E-state index is 5.55. The average molecular weight is 299 g/mol. The van der Waals surface area contributed by atoms with E-state index in [1.807, 2.05) is 13.8 Å². The van der Waals surface area contributed by atoms with Gasteiger partial charge in [0.05, 0.1) is 0 Å². The second-order valence-electron chi connectivity index (χ2n) is 5.75. The van der Waals surface area contributed by atoms with Gasteiger partial charge in [0.15, 0.2) is 6.29 Å². The molecule has 0 aromatic heterocycles. The lowest BCUT2D eigenvalue weighted by Gasteiger charge is -2.22. The van der Waals surface area contributed by atoms with Gasteiger partial charge in [-0.3, -0.25) is 0 Å². The monoisotopic (exact) mass is 299 g/mol. The van der Waals surface area contributed by atoms with E-state index in [0.717, 1.165) is 0 Å². The molecule has 1 unspecified atom stereocenters. The zero-order valence-corrected chi connectivity index (χ0v) is 14.9. The second kappa shape index (κ2) is 14.6. The highest BCUT2D eigenvalue weighted by Gasteiger charge is 2.09. The quantitative estimate of drug-likeness (QED) is 0.265. The van der Waals surface area contributed by atoms with E-state index < -0.39 is 0 Å². The predicted octanol–water partition coefficient (Wildman–Crippen LogP) is 4.62. The lowest BCUT2D eigenvalue weighted by atomic mass is 10.0. The molecule has 0 radical (unpaired) electrons. The van der Waals surface area contributed by atoms with Gasteiger partial charge in [-0.1, -0.05) is 51.5 Å². The van der Waals surface area contributed by atoms with Crippen LogP contribution < -0.4 is 0 Å². The first kappa shape index (κ1) is 20.6. The molecule has 3 nitrogen and oxygen atoms in total. The van der Waals surface area contributed by atoms with Crippen molar-refractivity contribution in [2.45, 2.75) is 78.0 Å². The molecule has 126 valence electrons. The van der Waals surface area contributed by atoms with Crippen molar-refractivity contribution in [3.63, 3.8) is 0 Å². The summed E-state index contributed by atoms with van der Waals surface area (Å²) in [7, 11) is 4.28. The van der Waals surface area contributed by atoms with Crippen molar-refractivity contribution >= 4 is 0 Å². The summed E-state index contributed by atoms with van der Waals surface area (Å²) in [6.45, 7) is 7.62. The average Bonchev–Trinajstić information content (AvgIpc) is 2.45. The molecule has 0 bridgehead atoms. The molecule has 0 rings (SSSR count). The number of nitrogens with zero attached hydrogens (tertiary/aromatic N) is 1. The van der Waals surface area contributed by atoms with Gasteiger partial charge in [-0.25, -0.2) is 0 Å². The zero-order valence-electron chi connectivity index (χ0n) is 14.9. The van der Waals surface area contributed by atoms with Crippen molar-refractivity contribution in [1.82, 2.24) is 4.90 Å². The third-order valence-corrected chi connectivity index (χ3v) is 3.67. The molecule has 0 fully saturated rings. The number of rotatable bonds is 14. The molecule has 0 saturated heterocycles. The van der Waals surface area contributed by atoms with Crippen molar-refractivity contribution in [3.8, 4) is 0 Å². The van der Waals surface area contributed by atoms with Gasteiger partial charge >= 0.3 is 0 Å². The smallest absolute Gasteiger partial charge is 0.176 e. The van der Waals surface area contributed by atoms with Crippen LogP contribution in [-0.2, 0) is 9.47 Å². The van der Waals surface area contributed by atoms with Gasteiger partial charge in [0, 0.05) is 19.3 Å². The van der Waals surface area contributed by atoms with Crippen LogP contribution in [0.3, 0.4) is 0 Å². The van der Waals surface area contributed by atoms with E-state index in [-0.39, 0.29) is 6.29 Å². The molecule has 21 heavy (non-hydrogen) atoms. The molecule has 0 aliphatic heterocycles. The molecule has 0 aliphatic carbocycles. The normalized spacial score (nSPS) is 13.7. The Hall–Kier alpha value is -0.380. The molecule has 1 atom stereocenters. The van der Waals surface area contributed by atoms with Gasteiger partial charge in [-0.05, 0) is 40.4 Å². The molecule has 0 aromatic carbocycles. The number of hydrogen-bond donors (Lipinski definition) is 0. The Morgan fingerprint density at radius 3 is 1.90 bits per heavy atom. The summed E-state index contributed by atoms with van der Waals surface area (Å²) < 4.78 is 11.1. The van der Waals surface area contributed by atoms with Crippen LogP contribution in [0.25, 0.3) is 0 Å². The fraction of sp³-hybridized carbons (Fsp3) is 0.889. The Kier molecular flexibility index (Phi) is 14.3. The van der Waals surface area contributed by atoms with Crippen LogP contribution in [-0.4, -0.2) is 44.5 Å². The van der Waals surface area contributed by atoms with Crippen LogP contribution in [0.5, 0.6) is 0 Å². The van der Waals surface area contributed by atoms with Crippen LogP contribution in [0, 0.1) is 0 Å². The summed E-state index contributed by atoms with van der Waals surface area (Å²) >= 11 is 0. The van der Waals surface area contributed by atoms with Gasteiger partial charge in [0.1, 0.15) is 0 Å². The molecule has 0 spiro atoms. The minimum Gasteiger partial charge on any atom is -0.349 e. The number of hydrogen-bond acceptors (Lipinski definition) is 3. The van der Waals surface area contributed by atoms with Gasteiger partial charge in [-0.15, -0.1) is 0 Å². The SMILES string of the molecule is CCCCCCCCC(C=CC(OCC)OCC)N(C)C. The minimum atomic E-state index is -0.202. The van der Waals surface area contributed by atoms with Crippen LogP contribution in [0.4, 0.5) is 0 Å². The van der Waals surface area contributed by atoms with E-state index in [2.05, 4.69) is 38.1 Å². The standard InChI is InChI=1S/C18H37NO2/c1-6-9-10-11-12-13-14-17(19(4)5)15-16-18(20-7-2)21-8-3/h15-18H,6-14H2,1-5H3. The molecule has 0 amide bonds. The van der Waals surface area contributed by atoms with E-state index >= 15 is 0 Å². The van der Waals surface area contributed by atoms with E-state index in [9.17, 15) is 0 Å². The van der Waals surface area contributed by atoms with Crippen molar-refractivity contribution in [3.05, 3.63) is 12.2 Å². The fourth-order valence-electron chi connectivity index (χ4n) is 2.37. The molecule has 0 saturated carbocycles. The van der Waals surface area contributed by atoms with Crippen LogP contribution >= 0.6 is 0 Å².